The Morgan fingerprint density at radius 2 is 2.11 bits per heavy atom. The minimum Gasteiger partial charge on any atom is -0.487 e. The van der Waals surface area contributed by atoms with E-state index >= 15 is 0 Å². The highest BCUT2D eigenvalue weighted by molar-refractivity contribution is 9.10. The second-order valence-electron chi connectivity index (χ2n) is 4.29. The zero-order valence-corrected chi connectivity index (χ0v) is 12.0. The minimum atomic E-state index is -2.86. The predicted octanol–water partition coefficient (Wildman–Crippen LogP) is 1.76. The summed E-state index contributed by atoms with van der Waals surface area (Å²) >= 11 is 3.39. The van der Waals surface area contributed by atoms with E-state index in [1.807, 2.05) is 12.1 Å². The van der Waals surface area contributed by atoms with Gasteiger partial charge in [0.25, 0.3) is 0 Å². The van der Waals surface area contributed by atoms with Crippen LogP contribution in [0, 0.1) is 0 Å². The van der Waals surface area contributed by atoms with Gasteiger partial charge in [0.1, 0.15) is 18.1 Å². The molecule has 0 atom stereocenters. The number of carbonyl (C=O) groups excluding carboxylic acids is 1. The molecule has 0 saturated carbocycles. The molecule has 1 saturated heterocycles. The molecule has 4 nitrogen and oxygen atoms in total. The van der Waals surface area contributed by atoms with E-state index in [0.717, 1.165) is 16.3 Å². The lowest BCUT2D eigenvalue weighted by Crippen LogP contribution is -2.45. The van der Waals surface area contributed by atoms with Gasteiger partial charge in [-0.25, -0.2) is 8.42 Å². The highest BCUT2D eigenvalue weighted by atomic mass is 79.9. The maximum absolute atomic E-state index is 11.0. The number of halogens is 1. The summed E-state index contributed by atoms with van der Waals surface area (Å²) in [6.45, 7) is 0. The third kappa shape index (κ3) is 3.32. The van der Waals surface area contributed by atoms with E-state index in [1.54, 1.807) is 6.07 Å². The summed E-state index contributed by atoms with van der Waals surface area (Å²) in [7, 11) is -2.86. The van der Waals surface area contributed by atoms with Crippen LogP contribution in [0.25, 0.3) is 0 Å². The summed E-state index contributed by atoms with van der Waals surface area (Å²) in [5.41, 5.74) is 1.04. The van der Waals surface area contributed by atoms with E-state index in [1.165, 1.54) is 0 Å². The van der Waals surface area contributed by atoms with Gasteiger partial charge in [0.05, 0.1) is 16.0 Å². The first-order valence-corrected chi connectivity index (χ1v) is 8.21. The Labute approximate surface area is 114 Å². The fourth-order valence-corrected chi connectivity index (χ4v) is 3.48. The van der Waals surface area contributed by atoms with Gasteiger partial charge in [0.2, 0.25) is 0 Å². The highest BCUT2D eigenvalue weighted by Crippen LogP contribution is 2.29. The van der Waals surface area contributed by atoms with Crippen LogP contribution in [-0.2, 0) is 21.1 Å². The van der Waals surface area contributed by atoms with Crippen LogP contribution in [-0.4, -0.2) is 32.3 Å². The quantitative estimate of drug-likeness (QED) is 0.771. The molecule has 1 fully saturated rings. The fourth-order valence-electron chi connectivity index (χ4n) is 1.79. The Morgan fingerprint density at radius 1 is 1.39 bits per heavy atom. The van der Waals surface area contributed by atoms with Gasteiger partial charge >= 0.3 is 0 Å². The van der Waals surface area contributed by atoms with Crippen LogP contribution in [0.2, 0.25) is 0 Å². The molecule has 2 rings (SSSR count). The second kappa shape index (κ2) is 5.40. The predicted molar refractivity (Wildman–Crippen MR) is 71.6 cm³/mol. The molecule has 0 radical (unpaired) electrons. The Hall–Kier alpha value is -0.880. The van der Waals surface area contributed by atoms with Crippen LogP contribution in [0.5, 0.6) is 5.75 Å². The number of aldehydes is 1. The Bertz CT molecular complexity index is 541. The molecule has 0 aliphatic carbocycles. The van der Waals surface area contributed by atoms with Gasteiger partial charge in [0, 0.05) is 6.42 Å². The Morgan fingerprint density at radius 3 is 2.67 bits per heavy atom. The molecular formula is C12H13BrO4S. The van der Waals surface area contributed by atoms with Crippen molar-refractivity contribution >= 4 is 32.1 Å². The van der Waals surface area contributed by atoms with Crippen molar-refractivity contribution in [2.45, 2.75) is 18.9 Å². The largest absolute Gasteiger partial charge is 0.487 e. The van der Waals surface area contributed by atoms with E-state index in [9.17, 15) is 13.2 Å². The standard InChI is InChI=1S/C12H13BrO4S/c13-11-6-9(2-1-5-14)3-4-12(11)17-10-7-18(15,16)8-10/h3-6,10H,1-2,7-8H2. The summed E-state index contributed by atoms with van der Waals surface area (Å²) in [5.74, 6) is 0.823. The molecule has 0 aromatic heterocycles. The second-order valence-corrected chi connectivity index (χ2v) is 7.30. The number of hydrogen-bond acceptors (Lipinski definition) is 4. The maximum Gasteiger partial charge on any atom is 0.157 e. The third-order valence-electron chi connectivity index (χ3n) is 2.72. The van der Waals surface area contributed by atoms with Crippen LogP contribution >= 0.6 is 15.9 Å². The average molecular weight is 333 g/mol. The molecule has 0 amide bonds. The van der Waals surface area contributed by atoms with Crippen molar-refractivity contribution in [3.8, 4) is 5.75 Å². The molecule has 1 heterocycles. The van der Waals surface area contributed by atoms with Gasteiger partial charge < -0.3 is 9.53 Å². The molecule has 0 spiro atoms. The summed E-state index contributed by atoms with van der Waals surface area (Å²) in [4.78, 5) is 10.3. The first kappa shape index (κ1) is 13.5. The molecule has 0 unspecified atom stereocenters. The highest BCUT2D eigenvalue weighted by Gasteiger charge is 2.35. The molecule has 1 aromatic rings. The molecule has 6 heteroatoms. The van der Waals surface area contributed by atoms with Crippen molar-refractivity contribution in [2.24, 2.45) is 0 Å². The van der Waals surface area contributed by atoms with Crippen molar-refractivity contribution in [3.63, 3.8) is 0 Å². The summed E-state index contributed by atoms with van der Waals surface area (Å²) in [5, 5.41) is 0. The lowest BCUT2D eigenvalue weighted by atomic mass is 10.1. The number of ether oxygens (including phenoxy) is 1. The van der Waals surface area contributed by atoms with E-state index < -0.39 is 9.84 Å². The Kier molecular flexibility index (Phi) is 4.07. The third-order valence-corrected chi connectivity index (χ3v) is 5.10. The maximum atomic E-state index is 11.0. The zero-order chi connectivity index (χ0) is 13.2. The van der Waals surface area contributed by atoms with Gasteiger partial charge in [-0.3, -0.25) is 0 Å². The number of benzene rings is 1. The topological polar surface area (TPSA) is 60.4 Å². The van der Waals surface area contributed by atoms with Crippen LogP contribution in [0.15, 0.2) is 22.7 Å². The molecule has 0 N–H and O–H groups in total. The SMILES string of the molecule is O=CCCc1ccc(OC2CS(=O)(=O)C2)c(Br)c1. The van der Waals surface area contributed by atoms with Crippen LogP contribution < -0.4 is 4.74 Å². The van der Waals surface area contributed by atoms with E-state index in [0.29, 0.717) is 18.6 Å². The normalized spacial score (nSPS) is 18.1. The van der Waals surface area contributed by atoms with Crippen LogP contribution in [0.3, 0.4) is 0 Å². The number of aryl methyl sites for hydroxylation is 1. The minimum absolute atomic E-state index is 0.0896. The number of sulfone groups is 1. The van der Waals surface area contributed by atoms with E-state index in [4.69, 9.17) is 4.74 Å². The molecule has 0 bridgehead atoms. The fraction of sp³-hybridized carbons (Fsp3) is 0.417. The summed E-state index contributed by atoms with van der Waals surface area (Å²) in [6, 6.07) is 5.58. The van der Waals surface area contributed by atoms with Gasteiger partial charge in [-0.2, -0.15) is 0 Å². The molecule has 1 aromatic carbocycles. The van der Waals surface area contributed by atoms with Crippen molar-refractivity contribution in [2.75, 3.05) is 11.5 Å². The molecular weight excluding hydrogens is 320 g/mol. The number of carbonyl (C=O) groups is 1. The van der Waals surface area contributed by atoms with Gasteiger partial charge in [0.15, 0.2) is 9.84 Å². The van der Waals surface area contributed by atoms with Crippen molar-refractivity contribution < 1.29 is 17.9 Å². The smallest absolute Gasteiger partial charge is 0.157 e. The lowest BCUT2D eigenvalue weighted by molar-refractivity contribution is -0.107. The molecule has 1 aliphatic heterocycles. The van der Waals surface area contributed by atoms with Crippen molar-refractivity contribution in [3.05, 3.63) is 28.2 Å². The first-order valence-electron chi connectivity index (χ1n) is 5.59. The van der Waals surface area contributed by atoms with Gasteiger partial charge in [-0.15, -0.1) is 0 Å². The number of hydrogen-bond donors (Lipinski definition) is 0. The van der Waals surface area contributed by atoms with Gasteiger partial charge in [-0.1, -0.05) is 6.07 Å². The number of rotatable bonds is 5. The monoisotopic (exact) mass is 332 g/mol. The lowest BCUT2D eigenvalue weighted by Gasteiger charge is -2.27. The van der Waals surface area contributed by atoms with Crippen molar-refractivity contribution in [1.29, 1.82) is 0 Å². The van der Waals surface area contributed by atoms with Gasteiger partial charge in [-0.05, 0) is 40.0 Å². The molecule has 18 heavy (non-hydrogen) atoms. The zero-order valence-electron chi connectivity index (χ0n) is 9.63. The van der Waals surface area contributed by atoms with E-state index in [-0.39, 0.29) is 17.6 Å². The molecule has 98 valence electrons. The van der Waals surface area contributed by atoms with Crippen molar-refractivity contribution in [1.82, 2.24) is 0 Å². The first-order chi connectivity index (χ1) is 8.50. The van der Waals surface area contributed by atoms with Crippen LogP contribution in [0.4, 0.5) is 0 Å². The Balaban J connectivity index is 1.99. The summed E-state index contributed by atoms with van der Waals surface area (Å²) in [6.07, 6.45) is 1.83. The summed E-state index contributed by atoms with van der Waals surface area (Å²) < 4.78 is 28.4. The molecule has 1 aliphatic rings. The van der Waals surface area contributed by atoms with Crippen LogP contribution in [0.1, 0.15) is 12.0 Å². The average Bonchev–Trinajstić information content (AvgIpc) is 2.27. The van der Waals surface area contributed by atoms with E-state index in [2.05, 4.69) is 15.9 Å².